The molecule has 8 heteroatoms. The first-order chi connectivity index (χ1) is 12.7. The molecule has 0 aliphatic heterocycles. The molecule has 0 aliphatic carbocycles. The van der Waals surface area contributed by atoms with Crippen molar-refractivity contribution in [1.29, 1.82) is 0 Å². The van der Waals surface area contributed by atoms with Gasteiger partial charge >= 0.3 is 0 Å². The monoisotopic (exact) mass is 373 g/mol. The molecule has 0 bridgehead atoms. The van der Waals surface area contributed by atoms with Gasteiger partial charge in [0.1, 0.15) is 18.1 Å². The second-order valence-corrected chi connectivity index (χ2v) is 5.56. The second kappa shape index (κ2) is 8.87. The number of hydrogen-bond donors (Lipinski definition) is 1. The average Bonchev–Trinajstić information content (AvgIpc) is 3.20. The summed E-state index contributed by atoms with van der Waals surface area (Å²) in [5.74, 6) is 1.19. The normalized spacial score (nSPS) is 10.3. The third-order valence-corrected chi connectivity index (χ3v) is 3.60. The largest absolute Gasteiger partial charge is 0.482 e. The highest BCUT2D eigenvalue weighted by molar-refractivity contribution is 6.32. The predicted octanol–water partition coefficient (Wildman–Crippen LogP) is 2.96. The summed E-state index contributed by atoms with van der Waals surface area (Å²) in [5.41, 5.74) is 0.618. The molecule has 134 valence electrons. The summed E-state index contributed by atoms with van der Waals surface area (Å²) in [6.45, 7) is 0.445. The van der Waals surface area contributed by atoms with Crippen LogP contribution >= 0.6 is 11.6 Å². The molecule has 0 radical (unpaired) electrons. The highest BCUT2D eigenvalue weighted by atomic mass is 35.5. The summed E-state index contributed by atoms with van der Waals surface area (Å²) >= 11 is 5.95. The molecule has 0 aliphatic rings. The topological polar surface area (TPSA) is 86.5 Å². The van der Waals surface area contributed by atoms with Crippen LogP contribution in [0.15, 0.2) is 59.2 Å². The molecule has 0 fully saturated rings. The van der Waals surface area contributed by atoms with Crippen LogP contribution in [0.1, 0.15) is 0 Å². The summed E-state index contributed by atoms with van der Waals surface area (Å²) in [5, 5.41) is 11.1. The van der Waals surface area contributed by atoms with E-state index in [2.05, 4.69) is 15.5 Å². The number of benzene rings is 1. The zero-order valence-electron chi connectivity index (χ0n) is 13.7. The van der Waals surface area contributed by atoms with Gasteiger partial charge in [0.25, 0.3) is 5.91 Å². The Kier molecular flexibility index (Phi) is 6.05. The highest BCUT2D eigenvalue weighted by Gasteiger charge is 2.06. The Hall–Kier alpha value is -3.06. The van der Waals surface area contributed by atoms with Crippen LogP contribution in [0.5, 0.6) is 11.6 Å². The van der Waals surface area contributed by atoms with Crippen molar-refractivity contribution in [3.05, 3.63) is 59.8 Å². The summed E-state index contributed by atoms with van der Waals surface area (Å²) in [6.07, 6.45) is 1.57. The summed E-state index contributed by atoms with van der Waals surface area (Å²) in [4.78, 5) is 11.7. The number of nitrogens with zero attached hydrogens (tertiary/aromatic N) is 2. The fraction of sp³-hybridized carbons (Fsp3) is 0.167. The number of carbonyl (C=O) groups is 1. The third kappa shape index (κ3) is 4.97. The molecule has 0 spiro atoms. The zero-order valence-corrected chi connectivity index (χ0v) is 14.5. The van der Waals surface area contributed by atoms with Crippen LogP contribution in [0, 0.1) is 0 Å². The average molecular weight is 374 g/mol. The lowest BCUT2D eigenvalue weighted by atomic mass is 10.3. The quantitative estimate of drug-likeness (QED) is 0.611. The molecular formula is C18H16ClN3O4. The van der Waals surface area contributed by atoms with Crippen molar-refractivity contribution in [2.45, 2.75) is 0 Å². The number of carbonyl (C=O) groups excluding carboxylic acids is 1. The van der Waals surface area contributed by atoms with Crippen molar-refractivity contribution in [3.8, 4) is 23.1 Å². The van der Waals surface area contributed by atoms with Gasteiger partial charge in [0.2, 0.25) is 5.88 Å². The number of ether oxygens (including phenoxy) is 2. The van der Waals surface area contributed by atoms with Crippen molar-refractivity contribution in [3.63, 3.8) is 0 Å². The molecule has 0 atom stereocenters. The number of para-hydroxylation sites is 1. The molecule has 1 amide bonds. The molecule has 0 saturated heterocycles. The van der Waals surface area contributed by atoms with Gasteiger partial charge in [-0.3, -0.25) is 4.79 Å². The SMILES string of the molecule is O=C(COc1ccccc1Cl)NCCOc1ccc(-c2ccco2)nn1. The molecule has 1 aromatic carbocycles. The van der Waals surface area contributed by atoms with Crippen LogP contribution in [0.2, 0.25) is 5.02 Å². The van der Waals surface area contributed by atoms with Crippen molar-refractivity contribution in [2.75, 3.05) is 19.8 Å². The van der Waals surface area contributed by atoms with E-state index >= 15 is 0 Å². The Morgan fingerprint density at radius 3 is 2.69 bits per heavy atom. The van der Waals surface area contributed by atoms with E-state index in [9.17, 15) is 4.79 Å². The van der Waals surface area contributed by atoms with Gasteiger partial charge in [0.05, 0.1) is 17.8 Å². The van der Waals surface area contributed by atoms with Gasteiger partial charge < -0.3 is 19.2 Å². The first kappa shape index (κ1) is 17.8. The summed E-state index contributed by atoms with van der Waals surface area (Å²) in [6, 6.07) is 14.0. The highest BCUT2D eigenvalue weighted by Crippen LogP contribution is 2.22. The molecule has 0 saturated carbocycles. The molecule has 3 aromatic rings. The predicted molar refractivity (Wildman–Crippen MR) is 95.2 cm³/mol. The molecule has 7 nitrogen and oxygen atoms in total. The Morgan fingerprint density at radius 1 is 1.08 bits per heavy atom. The zero-order chi connectivity index (χ0) is 18.2. The van der Waals surface area contributed by atoms with Crippen molar-refractivity contribution in [2.24, 2.45) is 0 Å². The van der Waals surface area contributed by atoms with Gasteiger partial charge in [-0.15, -0.1) is 10.2 Å². The fourth-order valence-corrected chi connectivity index (χ4v) is 2.25. The molecule has 2 aromatic heterocycles. The van der Waals surface area contributed by atoms with E-state index in [1.807, 2.05) is 0 Å². The number of aromatic nitrogens is 2. The number of rotatable bonds is 8. The van der Waals surface area contributed by atoms with Crippen LogP contribution in [0.3, 0.4) is 0 Å². The van der Waals surface area contributed by atoms with E-state index in [0.717, 1.165) is 0 Å². The Bertz CT molecular complexity index is 838. The lowest BCUT2D eigenvalue weighted by Crippen LogP contribution is -2.32. The number of furan rings is 1. The van der Waals surface area contributed by atoms with E-state index in [4.69, 9.17) is 25.5 Å². The van der Waals surface area contributed by atoms with E-state index in [1.54, 1.807) is 54.8 Å². The van der Waals surface area contributed by atoms with E-state index in [0.29, 0.717) is 34.7 Å². The van der Waals surface area contributed by atoms with Crippen LogP contribution in [-0.2, 0) is 4.79 Å². The van der Waals surface area contributed by atoms with Gasteiger partial charge in [-0.1, -0.05) is 23.7 Å². The van der Waals surface area contributed by atoms with Gasteiger partial charge in [-0.05, 0) is 30.3 Å². The minimum absolute atomic E-state index is 0.124. The Morgan fingerprint density at radius 2 is 1.96 bits per heavy atom. The third-order valence-electron chi connectivity index (χ3n) is 3.28. The lowest BCUT2D eigenvalue weighted by molar-refractivity contribution is -0.123. The lowest BCUT2D eigenvalue weighted by Gasteiger charge is -2.09. The van der Waals surface area contributed by atoms with Gasteiger partial charge in [0, 0.05) is 6.07 Å². The van der Waals surface area contributed by atoms with Gasteiger partial charge in [-0.2, -0.15) is 0 Å². The smallest absolute Gasteiger partial charge is 0.258 e. The minimum atomic E-state index is -0.271. The molecule has 2 heterocycles. The second-order valence-electron chi connectivity index (χ2n) is 5.15. The fourth-order valence-electron chi connectivity index (χ4n) is 2.05. The van der Waals surface area contributed by atoms with Crippen LogP contribution < -0.4 is 14.8 Å². The minimum Gasteiger partial charge on any atom is -0.482 e. The first-order valence-electron chi connectivity index (χ1n) is 7.87. The maximum atomic E-state index is 11.7. The van der Waals surface area contributed by atoms with E-state index in [-0.39, 0.29) is 19.1 Å². The number of amides is 1. The molecular weight excluding hydrogens is 358 g/mol. The maximum Gasteiger partial charge on any atom is 0.258 e. The Labute approximate surface area is 154 Å². The van der Waals surface area contributed by atoms with E-state index in [1.165, 1.54) is 0 Å². The molecule has 1 N–H and O–H groups in total. The van der Waals surface area contributed by atoms with Crippen molar-refractivity contribution < 1.29 is 18.7 Å². The van der Waals surface area contributed by atoms with Crippen molar-refractivity contribution in [1.82, 2.24) is 15.5 Å². The maximum absolute atomic E-state index is 11.7. The summed E-state index contributed by atoms with van der Waals surface area (Å²) in [7, 11) is 0. The molecule has 3 rings (SSSR count). The number of hydrogen-bond acceptors (Lipinski definition) is 6. The van der Waals surface area contributed by atoms with Crippen LogP contribution in [-0.4, -0.2) is 35.9 Å². The van der Waals surface area contributed by atoms with Crippen molar-refractivity contribution >= 4 is 17.5 Å². The standard InChI is InChI=1S/C18H16ClN3O4/c19-13-4-1-2-5-15(13)26-12-17(23)20-9-11-25-18-8-7-14(21-22-18)16-6-3-10-24-16/h1-8,10H,9,11-12H2,(H,20,23). The first-order valence-corrected chi connectivity index (χ1v) is 8.24. The Balaban J connectivity index is 1.36. The van der Waals surface area contributed by atoms with Crippen LogP contribution in [0.25, 0.3) is 11.5 Å². The van der Waals surface area contributed by atoms with Crippen LogP contribution in [0.4, 0.5) is 0 Å². The summed E-state index contributed by atoms with van der Waals surface area (Å²) < 4.78 is 16.0. The van der Waals surface area contributed by atoms with E-state index < -0.39 is 0 Å². The number of nitrogens with one attached hydrogen (secondary N) is 1. The molecule has 0 unspecified atom stereocenters. The van der Waals surface area contributed by atoms with Gasteiger partial charge in [-0.25, -0.2) is 0 Å². The van der Waals surface area contributed by atoms with Gasteiger partial charge in [0.15, 0.2) is 12.4 Å². The number of halogens is 1. The molecule has 26 heavy (non-hydrogen) atoms.